The molecule has 0 aliphatic rings. The Hall–Kier alpha value is -2.49. The first-order valence-electron chi connectivity index (χ1n) is 6.41. The van der Waals surface area contributed by atoms with Crippen LogP contribution in [0.1, 0.15) is 17.3 Å². The van der Waals surface area contributed by atoms with Crippen LogP contribution in [0.25, 0.3) is 0 Å². The molecule has 0 spiro atoms. The van der Waals surface area contributed by atoms with Crippen LogP contribution in [0.2, 0.25) is 0 Å². The van der Waals surface area contributed by atoms with Gasteiger partial charge in [-0.15, -0.1) is 0 Å². The van der Waals surface area contributed by atoms with Gasteiger partial charge in [0.1, 0.15) is 11.5 Å². The second-order valence-corrected chi connectivity index (χ2v) is 4.34. The number of phenolic OH excluding ortho intramolecular Hbond substituents is 1. The molecule has 0 unspecified atom stereocenters. The fraction of sp³-hybridized carbons (Fsp3) is 0.188. The number of rotatable bonds is 4. The summed E-state index contributed by atoms with van der Waals surface area (Å²) in [5.74, 6) is 0.793. The Labute approximate surface area is 118 Å². The van der Waals surface area contributed by atoms with Crippen molar-refractivity contribution in [1.29, 1.82) is 0 Å². The van der Waals surface area contributed by atoms with Gasteiger partial charge in [-0.1, -0.05) is 0 Å². The van der Waals surface area contributed by atoms with E-state index in [1.165, 1.54) is 12.1 Å². The van der Waals surface area contributed by atoms with Crippen LogP contribution >= 0.6 is 0 Å². The minimum Gasteiger partial charge on any atom is -0.508 e. The summed E-state index contributed by atoms with van der Waals surface area (Å²) in [7, 11) is 1.71. The number of hydrogen-bond acceptors (Lipinski definition) is 3. The van der Waals surface area contributed by atoms with E-state index in [0.717, 1.165) is 11.4 Å². The lowest BCUT2D eigenvalue weighted by molar-refractivity contribution is 0.0993. The topological polar surface area (TPSA) is 49.8 Å². The molecule has 0 atom stereocenters. The highest BCUT2D eigenvalue weighted by Gasteiger charge is 2.13. The van der Waals surface area contributed by atoms with Crippen molar-refractivity contribution >= 4 is 11.6 Å². The van der Waals surface area contributed by atoms with Crippen molar-refractivity contribution in [3.8, 4) is 11.5 Å². The maximum atomic E-state index is 12.3. The smallest absolute Gasteiger partial charge is 0.258 e. The average Bonchev–Trinajstić information content (AvgIpc) is 2.48. The van der Waals surface area contributed by atoms with E-state index >= 15 is 0 Å². The molecule has 20 heavy (non-hydrogen) atoms. The maximum absolute atomic E-state index is 12.3. The van der Waals surface area contributed by atoms with Gasteiger partial charge in [-0.3, -0.25) is 4.79 Å². The summed E-state index contributed by atoms with van der Waals surface area (Å²) in [6.07, 6.45) is 0. The fourth-order valence-corrected chi connectivity index (χ4v) is 1.85. The van der Waals surface area contributed by atoms with E-state index in [0.29, 0.717) is 12.2 Å². The molecule has 4 nitrogen and oxygen atoms in total. The Bertz CT molecular complexity index is 576. The highest BCUT2D eigenvalue weighted by atomic mass is 16.5. The third kappa shape index (κ3) is 3.09. The Morgan fingerprint density at radius 1 is 1.10 bits per heavy atom. The number of benzene rings is 2. The van der Waals surface area contributed by atoms with E-state index in [4.69, 9.17) is 4.74 Å². The predicted molar refractivity (Wildman–Crippen MR) is 78.5 cm³/mol. The van der Waals surface area contributed by atoms with Gasteiger partial charge in [0, 0.05) is 18.3 Å². The molecule has 104 valence electrons. The Balaban J connectivity index is 2.15. The lowest BCUT2D eigenvalue weighted by Gasteiger charge is -2.18. The zero-order valence-corrected chi connectivity index (χ0v) is 11.5. The van der Waals surface area contributed by atoms with Gasteiger partial charge in [-0.05, 0) is 55.5 Å². The molecule has 0 saturated carbocycles. The Morgan fingerprint density at radius 2 is 1.70 bits per heavy atom. The van der Waals surface area contributed by atoms with E-state index < -0.39 is 0 Å². The molecule has 0 bridgehead atoms. The monoisotopic (exact) mass is 271 g/mol. The van der Waals surface area contributed by atoms with Crippen LogP contribution in [0.4, 0.5) is 5.69 Å². The van der Waals surface area contributed by atoms with Gasteiger partial charge in [0.15, 0.2) is 0 Å². The molecule has 2 rings (SSSR count). The Kier molecular flexibility index (Phi) is 4.25. The molecule has 0 aromatic heterocycles. The number of phenols is 1. The number of anilines is 1. The van der Waals surface area contributed by atoms with Gasteiger partial charge < -0.3 is 14.7 Å². The first-order valence-corrected chi connectivity index (χ1v) is 6.41. The molecule has 0 heterocycles. The molecule has 2 aromatic carbocycles. The second-order valence-electron chi connectivity index (χ2n) is 4.34. The van der Waals surface area contributed by atoms with Crippen LogP contribution in [-0.2, 0) is 0 Å². The van der Waals surface area contributed by atoms with E-state index in [9.17, 15) is 9.90 Å². The van der Waals surface area contributed by atoms with Crippen molar-refractivity contribution in [2.75, 3.05) is 18.6 Å². The summed E-state index contributed by atoms with van der Waals surface area (Å²) in [6.45, 7) is 2.54. The summed E-state index contributed by atoms with van der Waals surface area (Å²) in [4.78, 5) is 13.8. The third-order valence-corrected chi connectivity index (χ3v) is 2.95. The number of amides is 1. The molecule has 2 aromatic rings. The van der Waals surface area contributed by atoms with E-state index in [-0.39, 0.29) is 11.7 Å². The number of carbonyl (C=O) groups is 1. The van der Waals surface area contributed by atoms with Gasteiger partial charge in [0.25, 0.3) is 5.91 Å². The van der Waals surface area contributed by atoms with Crippen molar-refractivity contribution in [3.05, 3.63) is 54.1 Å². The van der Waals surface area contributed by atoms with Crippen LogP contribution in [0, 0.1) is 0 Å². The average molecular weight is 271 g/mol. The molecule has 0 saturated heterocycles. The zero-order chi connectivity index (χ0) is 14.5. The van der Waals surface area contributed by atoms with Gasteiger partial charge in [-0.2, -0.15) is 0 Å². The highest BCUT2D eigenvalue weighted by Crippen LogP contribution is 2.20. The predicted octanol–water partition coefficient (Wildman–Crippen LogP) is 3.07. The summed E-state index contributed by atoms with van der Waals surface area (Å²) in [5.41, 5.74) is 1.31. The van der Waals surface area contributed by atoms with Gasteiger partial charge in [-0.25, -0.2) is 0 Å². The van der Waals surface area contributed by atoms with Crippen LogP contribution < -0.4 is 9.64 Å². The van der Waals surface area contributed by atoms with Gasteiger partial charge in [0.05, 0.1) is 6.61 Å². The third-order valence-electron chi connectivity index (χ3n) is 2.95. The molecule has 1 amide bonds. The minimum absolute atomic E-state index is 0.130. The largest absolute Gasteiger partial charge is 0.508 e. The van der Waals surface area contributed by atoms with Crippen molar-refractivity contribution < 1.29 is 14.6 Å². The number of hydrogen-bond donors (Lipinski definition) is 1. The molecular formula is C16H17NO3. The SMILES string of the molecule is CCOc1ccc(N(C)C(=O)c2ccc(O)cc2)cc1. The van der Waals surface area contributed by atoms with Crippen molar-refractivity contribution in [2.45, 2.75) is 6.92 Å². The normalized spacial score (nSPS) is 10.1. The van der Waals surface area contributed by atoms with Crippen LogP contribution in [0.15, 0.2) is 48.5 Å². The van der Waals surface area contributed by atoms with E-state index in [1.807, 2.05) is 31.2 Å². The quantitative estimate of drug-likeness (QED) is 0.929. The number of nitrogens with zero attached hydrogens (tertiary/aromatic N) is 1. The second kappa shape index (κ2) is 6.10. The molecule has 0 aliphatic carbocycles. The van der Waals surface area contributed by atoms with Crippen molar-refractivity contribution in [3.63, 3.8) is 0 Å². The number of carbonyl (C=O) groups excluding carboxylic acids is 1. The molecule has 0 radical (unpaired) electrons. The maximum Gasteiger partial charge on any atom is 0.258 e. The highest BCUT2D eigenvalue weighted by molar-refractivity contribution is 6.05. The molecule has 0 aliphatic heterocycles. The summed E-state index contributed by atoms with van der Waals surface area (Å²) in [5, 5.41) is 9.24. The lowest BCUT2D eigenvalue weighted by atomic mass is 10.2. The summed E-state index contributed by atoms with van der Waals surface area (Å²) >= 11 is 0. The molecule has 1 N–H and O–H groups in total. The van der Waals surface area contributed by atoms with E-state index in [1.54, 1.807) is 24.1 Å². The van der Waals surface area contributed by atoms with Gasteiger partial charge >= 0.3 is 0 Å². The first-order chi connectivity index (χ1) is 9.61. The lowest BCUT2D eigenvalue weighted by Crippen LogP contribution is -2.26. The standard InChI is InChI=1S/C16H17NO3/c1-3-20-15-10-6-13(7-11-15)17(2)16(19)12-4-8-14(18)9-5-12/h4-11,18H,3H2,1-2H3. The van der Waals surface area contributed by atoms with Crippen molar-refractivity contribution in [1.82, 2.24) is 0 Å². The number of ether oxygens (including phenoxy) is 1. The number of aromatic hydroxyl groups is 1. The van der Waals surface area contributed by atoms with E-state index in [2.05, 4.69) is 0 Å². The van der Waals surface area contributed by atoms with Gasteiger partial charge in [0.2, 0.25) is 0 Å². The first kappa shape index (κ1) is 13.9. The molecule has 4 heteroatoms. The summed E-state index contributed by atoms with van der Waals surface area (Å²) in [6, 6.07) is 13.5. The summed E-state index contributed by atoms with van der Waals surface area (Å²) < 4.78 is 5.37. The molecule has 0 fully saturated rings. The Morgan fingerprint density at radius 3 is 2.25 bits per heavy atom. The molecular weight excluding hydrogens is 254 g/mol. The van der Waals surface area contributed by atoms with Crippen LogP contribution in [0.5, 0.6) is 11.5 Å². The van der Waals surface area contributed by atoms with Crippen molar-refractivity contribution in [2.24, 2.45) is 0 Å². The minimum atomic E-state index is -0.130. The zero-order valence-electron chi connectivity index (χ0n) is 11.5. The fourth-order valence-electron chi connectivity index (χ4n) is 1.85. The van der Waals surface area contributed by atoms with Crippen LogP contribution in [-0.4, -0.2) is 24.7 Å². The van der Waals surface area contributed by atoms with Crippen LogP contribution in [0.3, 0.4) is 0 Å².